The van der Waals surface area contributed by atoms with Crippen LogP contribution in [0.5, 0.6) is 0 Å². The predicted octanol–water partition coefficient (Wildman–Crippen LogP) is 2.92. The van der Waals surface area contributed by atoms with Gasteiger partial charge in [0.05, 0.1) is 12.8 Å². The van der Waals surface area contributed by atoms with Gasteiger partial charge in [-0.05, 0) is 44.6 Å². The molecule has 1 aliphatic heterocycles. The highest BCUT2D eigenvalue weighted by Crippen LogP contribution is 2.20. The van der Waals surface area contributed by atoms with E-state index >= 15 is 0 Å². The number of hydrogen-bond donors (Lipinski definition) is 0. The summed E-state index contributed by atoms with van der Waals surface area (Å²) in [5.74, 6) is 2.41. The molecule has 6 heteroatoms. The highest BCUT2D eigenvalue weighted by atomic mass is 16.3. The Hall–Kier alpha value is -2.44. The molecular formula is C21H27N5O. The molecule has 0 unspecified atom stereocenters. The van der Waals surface area contributed by atoms with Crippen molar-refractivity contribution in [3.63, 3.8) is 0 Å². The van der Waals surface area contributed by atoms with E-state index in [1.165, 1.54) is 12.0 Å². The van der Waals surface area contributed by atoms with Crippen LogP contribution in [0, 0.1) is 0 Å². The van der Waals surface area contributed by atoms with Gasteiger partial charge in [0.1, 0.15) is 5.82 Å². The second-order valence-electron chi connectivity index (χ2n) is 7.43. The maximum absolute atomic E-state index is 5.51. The zero-order valence-corrected chi connectivity index (χ0v) is 16.1. The van der Waals surface area contributed by atoms with Gasteiger partial charge in [0.2, 0.25) is 5.82 Å². The van der Waals surface area contributed by atoms with Crippen molar-refractivity contribution in [1.82, 2.24) is 24.6 Å². The van der Waals surface area contributed by atoms with E-state index in [-0.39, 0.29) is 0 Å². The highest BCUT2D eigenvalue weighted by molar-refractivity contribution is 5.45. The second kappa shape index (κ2) is 8.06. The van der Waals surface area contributed by atoms with Gasteiger partial charge in [-0.2, -0.15) is 0 Å². The van der Waals surface area contributed by atoms with Crippen molar-refractivity contribution in [1.29, 1.82) is 0 Å². The van der Waals surface area contributed by atoms with E-state index in [1.807, 2.05) is 22.9 Å². The average molecular weight is 365 g/mol. The summed E-state index contributed by atoms with van der Waals surface area (Å²) in [6, 6.07) is 14.9. The van der Waals surface area contributed by atoms with E-state index in [9.17, 15) is 0 Å². The van der Waals surface area contributed by atoms with E-state index in [1.54, 1.807) is 6.26 Å². The van der Waals surface area contributed by atoms with Gasteiger partial charge in [-0.25, -0.2) is 9.67 Å². The van der Waals surface area contributed by atoms with Gasteiger partial charge >= 0.3 is 0 Å². The second-order valence-corrected chi connectivity index (χ2v) is 7.43. The van der Waals surface area contributed by atoms with Gasteiger partial charge in [0.25, 0.3) is 0 Å². The Bertz CT molecular complexity index is 841. The molecule has 142 valence electrons. The molecule has 0 radical (unpaired) electrons. The fourth-order valence-electron chi connectivity index (χ4n) is 3.64. The normalized spacial score (nSPS) is 17.8. The number of likely N-dealkylation sites (N-methyl/N-ethyl adjacent to an activating group) is 1. The molecule has 1 fully saturated rings. The van der Waals surface area contributed by atoms with E-state index < -0.39 is 0 Å². The number of furan rings is 1. The Balaban J connectivity index is 1.51. The minimum Gasteiger partial charge on any atom is -0.461 e. The van der Waals surface area contributed by atoms with Crippen molar-refractivity contribution < 1.29 is 4.42 Å². The summed E-state index contributed by atoms with van der Waals surface area (Å²) in [5, 5.41) is 4.74. The fraction of sp³-hybridized carbons (Fsp3) is 0.429. The quantitative estimate of drug-likeness (QED) is 0.644. The van der Waals surface area contributed by atoms with Crippen LogP contribution in [0.1, 0.15) is 17.8 Å². The van der Waals surface area contributed by atoms with Gasteiger partial charge in [0, 0.05) is 25.7 Å². The SMILES string of the molecule is CN(C)[C@H]1CCN(Cc2nc(-c3ccco3)nn2CCc2ccccc2)C1. The van der Waals surface area contributed by atoms with Gasteiger partial charge in [-0.1, -0.05) is 30.3 Å². The van der Waals surface area contributed by atoms with Crippen LogP contribution >= 0.6 is 0 Å². The zero-order chi connectivity index (χ0) is 18.6. The van der Waals surface area contributed by atoms with Crippen LogP contribution in [0.15, 0.2) is 53.1 Å². The van der Waals surface area contributed by atoms with E-state index in [0.29, 0.717) is 11.9 Å². The Kier molecular flexibility index (Phi) is 5.36. The van der Waals surface area contributed by atoms with E-state index in [0.717, 1.165) is 44.2 Å². The number of benzene rings is 1. The van der Waals surface area contributed by atoms with Crippen LogP contribution in [0.25, 0.3) is 11.6 Å². The largest absolute Gasteiger partial charge is 0.461 e. The van der Waals surface area contributed by atoms with Crippen molar-refractivity contribution >= 4 is 0 Å². The number of hydrogen-bond acceptors (Lipinski definition) is 5. The maximum atomic E-state index is 5.51. The summed E-state index contributed by atoms with van der Waals surface area (Å²) in [4.78, 5) is 9.59. The number of likely N-dealkylation sites (tertiary alicyclic amines) is 1. The molecule has 6 nitrogen and oxygen atoms in total. The molecule has 0 saturated carbocycles. The minimum atomic E-state index is 0.621. The number of aromatic nitrogens is 3. The molecule has 1 aliphatic rings. The molecular weight excluding hydrogens is 338 g/mol. The van der Waals surface area contributed by atoms with Crippen molar-refractivity contribution in [2.75, 3.05) is 27.2 Å². The molecule has 1 atom stereocenters. The number of rotatable bonds is 7. The molecule has 27 heavy (non-hydrogen) atoms. The minimum absolute atomic E-state index is 0.621. The van der Waals surface area contributed by atoms with Crippen LogP contribution in [-0.4, -0.2) is 57.8 Å². The van der Waals surface area contributed by atoms with Crippen LogP contribution < -0.4 is 0 Å². The molecule has 1 saturated heterocycles. The van der Waals surface area contributed by atoms with Crippen molar-refractivity contribution in [2.45, 2.75) is 32.0 Å². The summed E-state index contributed by atoms with van der Waals surface area (Å²) >= 11 is 0. The van der Waals surface area contributed by atoms with E-state index in [2.05, 4.69) is 48.2 Å². The molecule has 0 N–H and O–H groups in total. The average Bonchev–Trinajstić information content (AvgIpc) is 3.42. The lowest BCUT2D eigenvalue weighted by Gasteiger charge is -2.20. The lowest BCUT2D eigenvalue weighted by Crippen LogP contribution is -2.31. The first-order valence-electron chi connectivity index (χ1n) is 9.59. The van der Waals surface area contributed by atoms with E-state index in [4.69, 9.17) is 14.5 Å². The molecule has 1 aromatic carbocycles. The third-order valence-corrected chi connectivity index (χ3v) is 5.29. The molecule has 2 aromatic heterocycles. The van der Waals surface area contributed by atoms with Crippen molar-refractivity contribution in [2.24, 2.45) is 0 Å². The predicted molar refractivity (Wildman–Crippen MR) is 105 cm³/mol. The molecule has 3 aromatic rings. The topological polar surface area (TPSA) is 50.3 Å². The molecule has 0 spiro atoms. The third-order valence-electron chi connectivity index (χ3n) is 5.29. The maximum Gasteiger partial charge on any atom is 0.217 e. The Morgan fingerprint density at radius 1 is 1.15 bits per heavy atom. The third kappa shape index (κ3) is 4.28. The monoisotopic (exact) mass is 365 g/mol. The lowest BCUT2D eigenvalue weighted by atomic mass is 10.1. The smallest absolute Gasteiger partial charge is 0.217 e. The highest BCUT2D eigenvalue weighted by Gasteiger charge is 2.25. The Morgan fingerprint density at radius 3 is 2.70 bits per heavy atom. The first-order chi connectivity index (χ1) is 13.2. The Morgan fingerprint density at radius 2 is 2.00 bits per heavy atom. The Labute approximate surface area is 160 Å². The summed E-state index contributed by atoms with van der Waals surface area (Å²) in [5.41, 5.74) is 1.31. The zero-order valence-electron chi connectivity index (χ0n) is 16.1. The van der Waals surface area contributed by atoms with Gasteiger partial charge in [-0.3, -0.25) is 4.90 Å². The van der Waals surface area contributed by atoms with Gasteiger partial charge < -0.3 is 9.32 Å². The molecule has 0 bridgehead atoms. The fourth-order valence-corrected chi connectivity index (χ4v) is 3.64. The van der Waals surface area contributed by atoms with Crippen LogP contribution in [-0.2, 0) is 19.5 Å². The van der Waals surface area contributed by atoms with Crippen LogP contribution in [0.4, 0.5) is 0 Å². The summed E-state index contributed by atoms with van der Waals surface area (Å²) in [6.45, 7) is 3.82. The van der Waals surface area contributed by atoms with Crippen molar-refractivity contribution in [3.8, 4) is 11.6 Å². The summed E-state index contributed by atoms with van der Waals surface area (Å²) in [7, 11) is 4.32. The first kappa shape index (κ1) is 17.9. The van der Waals surface area contributed by atoms with Gasteiger partial charge in [0.15, 0.2) is 5.76 Å². The molecule has 0 amide bonds. The summed E-state index contributed by atoms with van der Waals surface area (Å²) in [6.07, 6.45) is 3.81. The molecule has 0 aliphatic carbocycles. The number of aryl methyl sites for hydroxylation is 2. The first-order valence-corrected chi connectivity index (χ1v) is 9.59. The van der Waals surface area contributed by atoms with Crippen LogP contribution in [0.3, 0.4) is 0 Å². The molecule has 3 heterocycles. The summed E-state index contributed by atoms with van der Waals surface area (Å²) < 4.78 is 7.56. The van der Waals surface area contributed by atoms with Crippen molar-refractivity contribution in [3.05, 3.63) is 60.1 Å². The van der Waals surface area contributed by atoms with Gasteiger partial charge in [-0.15, -0.1) is 5.10 Å². The standard InChI is InChI=1S/C21H27N5O/c1-24(2)18-11-12-25(15-18)16-20-22-21(19-9-6-14-27-19)23-26(20)13-10-17-7-4-3-5-8-17/h3-9,14,18H,10-13,15-16H2,1-2H3/t18-/m0/s1. The van der Waals surface area contributed by atoms with Crippen LogP contribution in [0.2, 0.25) is 0 Å². The number of nitrogens with zero attached hydrogens (tertiary/aromatic N) is 5. The lowest BCUT2D eigenvalue weighted by molar-refractivity contribution is 0.258. The molecule has 4 rings (SSSR count).